The van der Waals surface area contributed by atoms with Gasteiger partial charge in [0.25, 0.3) is 0 Å². The van der Waals surface area contributed by atoms with Crippen LogP contribution < -0.4 is 5.32 Å². The summed E-state index contributed by atoms with van der Waals surface area (Å²) in [6.45, 7) is 8.28. The molecule has 1 fully saturated rings. The predicted octanol–water partition coefficient (Wildman–Crippen LogP) is 0.473. The van der Waals surface area contributed by atoms with Crippen molar-refractivity contribution < 1.29 is 38.9 Å². The van der Waals surface area contributed by atoms with Gasteiger partial charge in [-0.05, 0) is 18.9 Å². The lowest BCUT2D eigenvalue weighted by molar-refractivity contribution is -0.161. The van der Waals surface area contributed by atoms with Crippen LogP contribution in [0.2, 0.25) is 0 Å². The topological polar surface area (TPSA) is 146 Å². The number of β-lactam (4-membered cyclic amide) rings is 1. The number of ether oxygens (including phenoxy) is 2. The van der Waals surface area contributed by atoms with Gasteiger partial charge in [-0.25, -0.2) is 14.4 Å². The highest BCUT2D eigenvalue weighted by atomic mass is 16.6. The summed E-state index contributed by atoms with van der Waals surface area (Å²) in [5.41, 5.74) is 0.172. The van der Waals surface area contributed by atoms with Gasteiger partial charge in [0.1, 0.15) is 18.9 Å². The van der Waals surface area contributed by atoms with Crippen LogP contribution in [-0.4, -0.2) is 89.1 Å². The summed E-state index contributed by atoms with van der Waals surface area (Å²) in [5.74, 6) is -2.44. The van der Waals surface area contributed by atoms with E-state index in [1.165, 1.54) is 24.0 Å². The Labute approximate surface area is 179 Å². The largest absolute Gasteiger partial charge is 0.477 e. The van der Waals surface area contributed by atoms with Gasteiger partial charge in [0.15, 0.2) is 0 Å². The van der Waals surface area contributed by atoms with E-state index >= 15 is 0 Å². The van der Waals surface area contributed by atoms with Crippen molar-refractivity contribution in [2.45, 2.75) is 25.5 Å². The van der Waals surface area contributed by atoms with Crippen LogP contribution in [0.5, 0.6) is 0 Å². The molecule has 0 aromatic heterocycles. The zero-order valence-electron chi connectivity index (χ0n) is 17.3. The van der Waals surface area contributed by atoms with E-state index in [2.05, 4.69) is 18.5 Å². The maximum atomic E-state index is 12.4. The summed E-state index contributed by atoms with van der Waals surface area (Å²) in [5, 5.41) is 21.9. The summed E-state index contributed by atoms with van der Waals surface area (Å²) < 4.78 is 9.84. The zero-order chi connectivity index (χ0) is 23.1. The van der Waals surface area contributed by atoms with Gasteiger partial charge >= 0.3 is 18.2 Å². The third kappa shape index (κ3) is 5.43. The summed E-state index contributed by atoms with van der Waals surface area (Å²) >= 11 is 0. The highest BCUT2D eigenvalue weighted by molar-refractivity contribution is 5.99. The van der Waals surface area contributed by atoms with Crippen LogP contribution in [0, 0.1) is 5.92 Å². The van der Waals surface area contributed by atoms with Crippen molar-refractivity contribution in [2.24, 2.45) is 5.92 Å². The fourth-order valence-corrected chi connectivity index (χ4v) is 3.67. The average Bonchev–Trinajstić information content (AvgIpc) is 3.03. The Morgan fingerprint density at radius 3 is 2.52 bits per heavy atom. The van der Waals surface area contributed by atoms with E-state index in [1.54, 1.807) is 0 Å². The number of hydrogen-bond acceptors (Lipinski definition) is 7. The van der Waals surface area contributed by atoms with Gasteiger partial charge in [-0.1, -0.05) is 25.3 Å². The number of nitrogens with one attached hydrogen (secondary N) is 1. The molecule has 0 aromatic rings. The summed E-state index contributed by atoms with van der Waals surface area (Å²) in [7, 11) is 0. The van der Waals surface area contributed by atoms with Gasteiger partial charge < -0.3 is 34.8 Å². The van der Waals surface area contributed by atoms with Gasteiger partial charge in [-0.3, -0.25) is 4.79 Å². The van der Waals surface area contributed by atoms with Crippen LogP contribution in [0.25, 0.3) is 0 Å². The van der Waals surface area contributed by atoms with Crippen LogP contribution in [0.1, 0.15) is 13.3 Å². The molecule has 2 rings (SSSR count). The minimum Gasteiger partial charge on any atom is -0.477 e. The zero-order valence-corrected chi connectivity index (χ0v) is 17.3. The van der Waals surface area contributed by atoms with E-state index in [0.717, 1.165) is 4.90 Å². The molecule has 2 aliphatic heterocycles. The SMILES string of the molecule is C=CCOC(=O)NCCN(CC1=C(C(=O)O)N2C(=O)[C@H]([C@@H](C)O)[C@H]2C1)C(=O)OCC=C. The highest BCUT2D eigenvalue weighted by Gasteiger charge is 2.56. The standard InChI is InChI=1S/C20H27N3O8/c1-4-8-30-19(28)21-6-7-22(20(29)31-9-5-2)11-13-10-14-15(12(3)24)17(25)23(14)16(13)18(26)27/h4-5,12,14-15,24H,1-2,6-11H2,3H3,(H,21,28)(H,26,27)/t12-,14-,15-/m1/s1. The molecule has 3 atom stereocenters. The normalized spacial score (nSPS) is 20.3. The molecular weight excluding hydrogens is 410 g/mol. The van der Waals surface area contributed by atoms with Gasteiger partial charge in [0, 0.05) is 19.6 Å². The number of alkyl carbamates (subject to hydrolysis) is 1. The average molecular weight is 437 g/mol. The molecule has 1 saturated heterocycles. The summed E-state index contributed by atoms with van der Waals surface area (Å²) in [6.07, 6.45) is 0.664. The summed E-state index contributed by atoms with van der Waals surface area (Å²) in [6, 6.07) is -0.466. The van der Waals surface area contributed by atoms with E-state index in [9.17, 15) is 29.4 Å². The maximum Gasteiger partial charge on any atom is 0.410 e. The predicted molar refractivity (Wildman–Crippen MR) is 108 cm³/mol. The molecule has 0 aromatic carbocycles. The van der Waals surface area contributed by atoms with Crippen molar-refractivity contribution in [2.75, 3.05) is 32.8 Å². The van der Waals surface area contributed by atoms with E-state index in [0.29, 0.717) is 5.57 Å². The van der Waals surface area contributed by atoms with Gasteiger partial charge in [-0.15, -0.1) is 0 Å². The van der Waals surface area contributed by atoms with Crippen molar-refractivity contribution >= 4 is 24.1 Å². The highest BCUT2D eigenvalue weighted by Crippen LogP contribution is 2.43. The molecule has 11 nitrogen and oxygen atoms in total. The second-order valence-corrected chi connectivity index (χ2v) is 7.10. The molecule has 0 saturated carbocycles. The molecule has 0 bridgehead atoms. The number of carboxylic acids is 1. The Bertz CT molecular complexity index is 791. The first-order valence-corrected chi connectivity index (χ1v) is 9.73. The second kappa shape index (κ2) is 10.6. The van der Waals surface area contributed by atoms with Crippen LogP contribution >= 0.6 is 0 Å². The van der Waals surface area contributed by atoms with Crippen LogP contribution in [0.15, 0.2) is 36.6 Å². The molecule has 0 spiro atoms. The minimum absolute atomic E-state index is 0.00795. The second-order valence-electron chi connectivity index (χ2n) is 7.10. The van der Waals surface area contributed by atoms with Crippen molar-refractivity contribution in [3.05, 3.63) is 36.6 Å². The number of aliphatic hydroxyl groups is 1. The number of aliphatic carboxylic acids is 1. The lowest BCUT2D eigenvalue weighted by atomic mass is 9.83. The number of nitrogens with zero attached hydrogens (tertiary/aromatic N) is 2. The molecule has 3 amide bonds. The number of carboxylic acid groups (broad SMARTS) is 1. The van der Waals surface area contributed by atoms with E-state index in [4.69, 9.17) is 9.47 Å². The quantitative estimate of drug-likeness (QED) is 0.312. The first-order valence-electron chi connectivity index (χ1n) is 9.73. The van der Waals surface area contributed by atoms with Gasteiger partial charge in [0.2, 0.25) is 5.91 Å². The lowest BCUT2D eigenvalue weighted by Gasteiger charge is -2.44. The van der Waals surface area contributed by atoms with Crippen molar-refractivity contribution in [1.82, 2.24) is 15.1 Å². The van der Waals surface area contributed by atoms with E-state index in [1.807, 2.05) is 0 Å². The third-order valence-corrected chi connectivity index (χ3v) is 4.97. The Hall–Kier alpha value is -3.34. The number of hydrogen-bond donors (Lipinski definition) is 3. The molecule has 170 valence electrons. The molecule has 0 radical (unpaired) electrons. The number of amides is 3. The Balaban J connectivity index is 2.13. The fraction of sp³-hybridized carbons (Fsp3) is 0.500. The fourth-order valence-electron chi connectivity index (χ4n) is 3.67. The monoisotopic (exact) mass is 437 g/mol. The number of fused-ring (bicyclic) bond motifs is 1. The smallest absolute Gasteiger partial charge is 0.410 e. The molecule has 31 heavy (non-hydrogen) atoms. The van der Waals surface area contributed by atoms with Crippen molar-refractivity contribution in [3.8, 4) is 0 Å². The number of rotatable bonds is 11. The maximum absolute atomic E-state index is 12.4. The molecule has 0 aliphatic carbocycles. The van der Waals surface area contributed by atoms with Gasteiger partial charge in [-0.2, -0.15) is 0 Å². The van der Waals surface area contributed by atoms with E-state index in [-0.39, 0.29) is 45.0 Å². The molecule has 11 heteroatoms. The molecular formula is C20H27N3O8. The number of carbonyl (C=O) groups is 4. The van der Waals surface area contributed by atoms with Crippen LogP contribution in [-0.2, 0) is 19.1 Å². The number of aliphatic hydroxyl groups excluding tert-OH is 1. The Kier molecular flexibility index (Phi) is 8.20. The minimum atomic E-state index is -1.29. The Morgan fingerprint density at radius 1 is 1.29 bits per heavy atom. The van der Waals surface area contributed by atoms with Crippen LogP contribution in [0.4, 0.5) is 9.59 Å². The van der Waals surface area contributed by atoms with Gasteiger partial charge in [0.05, 0.1) is 18.1 Å². The van der Waals surface area contributed by atoms with Crippen LogP contribution in [0.3, 0.4) is 0 Å². The molecule has 2 heterocycles. The van der Waals surface area contributed by atoms with Crippen molar-refractivity contribution in [3.63, 3.8) is 0 Å². The molecule has 3 N–H and O–H groups in total. The lowest BCUT2D eigenvalue weighted by Crippen LogP contribution is -2.61. The molecule has 0 unspecified atom stereocenters. The number of carbonyl (C=O) groups excluding carboxylic acids is 3. The Morgan fingerprint density at radius 2 is 1.94 bits per heavy atom. The first kappa shape index (κ1) is 23.9. The van der Waals surface area contributed by atoms with E-state index < -0.39 is 42.1 Å². The molecule has 2 aliphatic rings. The summed E-state index contributed by atoms with van der Waals surface area (Å²) in [4.78, 5) is 50.5. The van der Waals surface area contributed by atoms with Crippen molar-refractivity contribution in [1.29, 1.82) is 0 Å². The first-order chi connectivity index (χ1) is 14.7. The third-order valence-electron chi connectivity index (χ3n) is 4.97.